The Morgan fingerprint density at radius 3 is 2.26 bits per heavy atom. The van der Waals surface area contributed by atoms with Gasteiger partial charge >= 0.3 is 0 Å². The van der Waals surface area contributed by atoms with Crippen LogP contribution in [0.2, 0.25) is 0 Å². The standard InChI is InChI=1S/C16H20N2O/c1-11(2)13-4-6-15(7-5-13)19-16-10-14(12(3)17)8-9-18-16/h4-12H,17H2,1-3H3/t12-/m0/s1. The number of ether oxygens (including phenoxy) is 1. The van der Waals surface area contributed by atoms with Gasteiger partial charge in [-0.25, -0.2) is 4.98 Å². The van der Waals surface area contributed by atoms with E-state index in [1.165, 1.54) is 5.56 Å². The highest BCUT2D eigenvalue weighted by atomic mass is 16.5. The number of benzene rings is 1. The minimum atomic E-state index is -0.0198. The van der Waals surface area contributed by atoms with Crippen LogP contribution in [0.4, 0.5) is 0 Å². The molecule has 0 aliphatic rings. The van der Waals surface area contributed by atoms with Crippen molar-refractivity contribution in [3.05, 3.63) is 53.7 Å². The van der Waals surface area contributed by atoms with E-state index in [0.717, 1.165) is 11.3 Å². The molecule has 2 aromatic rings. The van der Waals surface area contributed by atoms with Gasteiger partial charge in [0, 0.05) is 18.3 Å². The van der Waals surface area contributed by atoms with E-state index in [0.29, 0.717) is 11.8 Å². The molecule has 0 saturated carbocycles. The van der Waals surface area contributed by atoms with Crippen LogP contribution < -0.4 is 10.5 Å². The highest BCUT2D eigenvalue weighted by Gasteiger charge is 2.04. The van der Waals surface area contributed by atoms with Crippen LogP contribution in [-0.2, 0) is 0 Å². The second-order valence-electron chi connectivity index (χ2n) is 5.04. The molecule has 3 nitrogen and oxygen atoms in total. The fraction of sp³-hybridized carbons (Fsp3) is 0.312. The SMILES string of the molecule is CC(C)c1ccc(Oc2cc([C@H](C)N)ccn2)cc1. The van der Waals surface area contributed by atoms with Crippen molar-refractivity contribution >= 4 is 0 Å². The van der Waals surface area contributed by atoms with Gasteiger partial charge in [0.05, 0.1) is 0 Å². The highest BCUT2D eigenvalue weighted by molar-refractivity contribution is 5.33. The number of rotatable bonds is 4. The van der Waals surface area contributed by atoms with Gasteiger partial charge < -0.3 is 10.5 Å². The van der Waals surface area contributed by atoms with Crippen LogP contribution in [0.25, 0.3) is 0 Å². The van der Waals surface area contributed by atoms with Gasteiger partial charge in [0.2, 0.25) is 5.88 Å². The van der Waals surface area contributed by atoms with Crippen LogP contribution in [-0.4, -0.2) is 4.98 Å². The van der Waals surface area contributed by atoms with E-state index in [1.807, 2.05) is 31.2 Å². The van der Waals surface area contributed by atoms with Crippen LogP contribution in [0.3, 0.4) is 0 Å². The molecule has 0 aliphatic carbocycles. The van der Waals surface area contributed by atoms with Crippen LogP contribution >= 0.6 is 0 Å². The first-order valence-corrected chi connectivity index (χ1v) is 6.55. The van der Waals surface area contributed by atoms with E-state index in [9.17, 15) is 0 Å². The van der Waals surface area contributed by atoms with Gasteiger partial charge in [0.15, 0.2) is 0 Å². The van der Waals surface area contributed by atoms with E-state index in [1.54, 1.807) is 6.20 Å². The summed E-state index contributed by atoms with van der Waals surface area (Å²) < 4.78 is 5.74. The maximum atomic E-state index is 5.85. The van der Waals surface area contributed by atoms with Crippen LogP contribution in [0.1, 0.15) is 43.9 Å². The Labute approximate surface area is 114 Å². The zero-order chi connectivity index (χ0) is 13.8. The molecule has 2 rings (SSSR count). The van der Waals surface area contributed by atoms with E-state index >= 15 is 0 Å². The molecule has 0 bridgehead atoms. The first-order valence-electron chi connectivity index (χ1n) is 6.55. The number of nitrogens with two attached hydrogens (primary N) is 1. The first kappa shape index (κ1) is 13.6. The summed E-state index contributed by atoms with van der Waals surface area (Å²) in [5.74, 6) is 1.89. The van der Waals surface area contributed by atoms with Gasteiger partial charge in [0.1, 0.15) is 5.75 Å². The molecule has 0 aliphatic heterocycles. The summed E-state index contributed by atoms with van der Waals surface area (Å²) in [6.07, 6.45) is 1.72. The highest BCUT2D eigenvalue weighted by Crippen LogP contribution is 2.24. The summed E-state index contributed by atoms with van der Waals surface area (Å²) >= 11 is 0. The van der Waals surface area contributed by atoms with E-state index in [-0.39, 0.29) is 6.04 Å². The van der Waals surface area contributed by atoms with Crippen molar-refractivity contribution in [2.24, 2.45) is 5.73 Å². The van der Waals surface area contributed by atoms with Gasteiger partial charge in [-0.2, -0.15) is 0 Å². The lowest BCUT2D eigenvalue weighted by Gasteiger charge is -2.10. The fourth-order valence-corrected chi connectivity index (χ4v) is 1.81. The minimum Gasteiger partial charge on any atom is -0.439 e. The Balaban J connectivity index is 2.14. The average Bonchev–Trinajstić information content (AvgIpc) is 2.39. The van der Waals surface area contributed by atoms with Gasteiger partial charge in [-0.1, -0.05) is 26.0 Å². The van der Waals surface area contributed by atoms with Crippen LogP contribution in [0, 0.1) is 0 Å². The van der Waals surface area contributed by atoms with Crippen molar-refractivity contribution in [2.75, 3.05) is 0 Å². The molecule has 0 amide bonds. The number of hydrogen-bond donors (Lipinski definition) is 1. The Morgan fingerprint density at radius 2 is 1.68 bits per heavy atom. The van der Waals surface area contributed by atoms with Crippen molar-refractivity contribution in [2.45, 2.75) is 32.7 Å². The quantitative estimate of drug-likeness (QED) is 0.898. The van der Waals surface area contributed by atoms with Gasteiger partial charge in [-0.15, -0.1) is 0 Å². The molecular formula is C16H20N2O. The van der Waals surface area contributed by atoms with Gasteiger partial charge in [-0.05, 0) is 42.2 Å². The van der Waals surface area contributed by atoms with Crippen molar-refractivity contribution in [3.8, 4) is 11.6 Å². The van der Waals surface area contributed by atoms with Crippen molar-refractivity contribution in [1.82, 2.24) is 4.98 Å². The van der Waals surface area contributed by atoms with Crippen molar-refractivity contribution in [1.29, 1.82) is 0 Å². The first-order chi connectivity index (χ1) is 9.06. The molecule has 1 heterocycles. The molecule has 100 valence electrons. The summed E-state index contributed by atoms with van der Waals surface area (Å²) in [5, 5.41) is 0. The van der Waals surface area contributed by atoms with E-state index in [2.05, 4.69) is 31.0 Å². The van der Waals surface area contributed by atoms with Crippen molar-refractivity contribution < 1.29 is 4.74 Å². The smallest absolute Gasteiger partial charge is 0.219 e. The maximum Gasteiger partial charge on any atom is 0.219 e. The Kier molecular flexibility index (Phi) is 4.17. The summed E-state index contributed by atoms with van der Waals surface area (Å²) in [6.45, 7) is 6.28. The minimum absolute atomic E-state index is 0.0198. The molecule has 0 spiro atoms. The maximum absolute atomic E-state index is 5.85. The Morgan fingerprint density at radius 1 is 1.00 bits per heavy atom. The molecular weight excluding hydrogens is 236 g/mol. The second kappa shape index (κ2) is 5.85. The second-order valence-corrected chi connectivity index (χ2v) is 5.04. The normalized spacial score (nSPS) is 12.5. The van der Waals surface area contributed by atoms with E-state index in [4.69, 9.17) is 10.5 Å². The lowest BCUT2D eigenvalue weighted by Crippen LogP contribution is -2.05. The number of nitrogens with zero attached hydrogens (tertiary/aromatic N) is 1. The molecule has 0 radical (unpaired) electrons. The monoisotopic (exact) mass is 256 g/mol. The third-order valence-corrected chi connectivity index (χ3v) is 3.05. The molecule has 1 aromatic carbocycles. The van der Waals surface area contributed by atoms with Gasteiger partial charge in [-0.3, -0.25) is 0 Å². The zero-order valence-electron chi connectivity index (χ0n) is 11.6. The summed E-state index contributed by atoms with van der Waals surface area (Å²) in [4.78, 5) is 4.20. The van der Waals surface area contributed by atoms with Gasteiger partial charge in [0.25, 0.3) is 0 Å². The predicted octanol–water partition coefficient (Wildman–Crippen LogP) is 4.02. The van der Waals surface area contributed by atoms with Crippen molar-refractivity contribution in [3.63, 3.8) is 0 Å². The summed E-state index contributed by atoms with van der Waals surface area (Å²) in [5.41, 5.74) is 8.16. The topological polar surface area (TPSA) is 48.1 Å². The Bertz CT molecular complexity index is 533. The third kappa shape index (κ3) is 3.55. The average molecular weight is 256 g/mol. The fourth-order valence-electron chi connectivity index (χ4n) is 1.81. The number of aromatic nitrogens is 1. The lowest BCUT2D eigenvalue weighted by molar-refractivity contribution is 0.461. The summed E-state index contributed by atoms with van der Waals surface area (Å²) in [7, 11) is 0. The van der Waals surface area contributed by atoms with E-state index < -0.39 is 0 Å². The lowest BCUT2D eigenvalue weighted by atomic mass is 10.0. The molecule has 0 unspecified atom stereocenters. The molecule has 3 heteroatoms. The molecule has 1 aromatic heterocycles. The number of hydrogen-bond acceptors (Lipinski definition) is 3. The molecule has 1 atom stereocenters. The Hall–Kier alpha value is -1.87. The third-order valence-electron chi connectivity index (χ3n) is 3.05. The number of pyridine rings is 1. The molecule has 0 fully saturated rings. The molecule has 19 heavy (non-hydrogen) atoms. The largest absolute Gasteiger partial charge is 0.439 e. The summed E-state index contributed by atoms with van der Waals surface area (Å²) in [6, 6.07) is 11.9. The van der Waals surface area contributed by atoms with Crippen LogP contribution in [0.5, 0.6) is 11.6 Å². The molecule has 0 saturated heterocycles. The van der Waals surface area contributed by atoms with Crippen LogP contribution in [0.15, 0.2) is 42.6 Å². The predicted molar refractivity (Wildman–Crippen MR) is 77.4 cm³/mol. The zero-order valence-corrected chi connectivity index (χ0v) is 11.6. The molecule has 2 N–H and O–H groups in total.